The number of carbonyl (C=O) groups is 1. The van der Waals surface area contributed by atoms with Gasteiger partial charge in [0.1, 0.15) is 6.10 Å². The summed E-state index contributed by atoms with van der Waals surface area (Å²) in [6.45, 7) is 14.1. The first-order valence-electron chi connectivity index (χ1n) is 12.3. The number of carbonyl (C=O) groups excluding carboxylic acids is 1. The fourth-order valence-corrected chi connectivity index (χ4v) is 6.83. The molecule has 1 saturated carbocycles. The van der Waals surface area contributed by atoms with Crippen molar-refractivity contribution in [3.8, 4) is 0 Å². The van der Waals surface area contributed by atoms with Crippen LogP contribution in [-0.2, 0) is 9.53 Å². The van der Waals surface area contributed by atoms with Gasteiger partial charge in [-0.2, -0.15) is 0 Å². The van der Waals surface area contributed by atoms with E-state index in [4.69, 9.17) is 4.74 Å². The van der Waals surface area contributed by atoms with Gasteiger partial charge in [0.15, 0.2) is 0 Å². The Hall–Kier alpha value is -1.81. The highest BCUT2D eigenvalue weighted by Crippen LogP contribution is 2.55. The smallest absolute Gasteiger partial charge is 0.310 e. The average molecular weight is 423 g/mol. The molecule has 4 heteroatoms. The molecule has 4 nitrogen and oxygen atoms in total. The molecule has 2 saturated heterocycles. The van der Waals surface area contributed by atoms with Crippen molar-refractivity contribution in [2.24, 2.45) is 17.3 Å². The largest absolute Gasteiger partial charge is 0.462 e. The monoisotopic (exact) mass is 422 g/mol. The summed E-state index contributed by atoms with van der Waals surface area (Å²) in [5.41, 5.74) is 7.54. The SMILES string of the molecule is CC1=C2C[C@H]3[C@H](C[C@]2(C)CCC1)OC(=O)[C@H]3CN1CCN(c2cc(C)ccc2C)CC1. The Morgan fingerprint density at radius 1 is 1.13 bits per heavy atom. The zero-order valence-electron chi connectivity index (χ0n) is 19.7. The van der Waals surface area contributed by atoms with Crippen LogP contribution in [0.25, 0.3) is 0 Å². The van der Waals surface area contributed by atoms with Gasteiger partial charge in [0, 0.05) is 44.3 Å². The standard InChI is InChI=1S/C27H38N2O2/c1-18-7-8-20(3)24(14-18)29-12-10-28(11-13-29)17-22-21-15-23-19(2)6-5-9-27(23,4)16-25(21)31-26(22)30/h7-8,14,21-22,25H,5-6,9-13,15-17H2,1-4H3/t21-,22+,25+,27+/m1/s1. The number of esters is 1. The number of aryl methyl sites for hydroxylation is 2. The van der Waals surface area contributed by atoms with Crippen molar-refractivity contribution in [1.29, 1.82) is 0 Å². The number of hydrogen-bond donors (Lipinski definition) is 0. The first-order valence-corrected chi connectivity index (χ1v) is 12.3. The van der Waals surface area contributed by atoms with E-state index in [2.05, 4.69) is 55.7 Å². The molecule has 0 radical (unpaired) electrons. The number of ether oxygens (including phenoxy) is 1. The van der Waals surface area contributed by atoms with Crippen LogP contribution in [0.15, 0.2) is 29.3 Å². The molecule has 31 heavy (non-hydrogen) atoms. The molecule has 0 N–H and O–H groups in total. The van der Waals surface area contributed by atoms with E-state index in [0.29, 0.717) is 5.92 Å². The first kappa shape index (κ1) is 21.1. The highest BCUT2D eigenvalue weighted by atomic mass is 16.6. The second-order valence-electron chi connectivity index (χ2n) is 10.9. The van der Waals surface area contributed by atoms with Crippen LogP contribution in [0.4, 0.5) is 5.69 Å². The van der Waals surface area contributed by atoms with Gasteiger partial charge >= 0.3 is 5.97 Å². The quantitative estimate of drug-likeness (QED) is 0.513. The van der Waals surface area contributed by atoms with Gasteiger partial charge in [0.2, 0.25) is 0 Å². The molecule has 5 rings (SSSR count). The van der Waals surface area contributed by atoms with Crippen LogP contribution in [0.3, 0.4) is 0 Å². The minimum Gasteiger partial charge on any atom is -0.462 e. The number of rotatable bonds is 3. The summed E-state index contributed by atoms with van der Waals surface area (Å²) in [6.07, 6.45) is 6.02. The summed E-state index contributed by atoms with van der Waals surface area (Å²) in [4.78, 5) is 17.9. The van der Waals surface area contributed by atoms with E-state index in [1.807, 2.05) is 0 Å². The van der Waals surface area contributed by atoms with E-state index in [1.165, 1.54) is 36.1 Å². The molecule has 2 heterocycles. The van der Waals surface area contributed by atoms with Gasteiger partial charge in [-0.15, -0.1) is 0 Å². The lowest BCUT2D eigenvalue weighted by Gasteiger charge is -2.46. The van der Waals surface area contributed by atoms with E-state index in [0.717, 1.165) is 45.6 Å². The van der Waals surface area contributed by atoms with E-state index < -0.39 is 0 Å². The van der Waals surface area contributed by atoms with E-state index in [-0.39, 0.29) is 23.4 Å². The van der Waals surface area contributed by atoms with E-state index in [1.54, 1.807) is 11.1 Å². The third kappa shape index (κ3) is 3.82. The number of benzene rings is 1. The molecule has 0 unspecified atom stereocenters. The number of anilines is 1. The Morgan fingerprint density at radius 3 is 2.68 bits per heavy atom. The molecule has 0 amide bonds. The maximum atomic E-state index is 12.9. The molecule has 0 bridgehead atoms. The number of fused-ring (bicyclic) bond motifs is 2. The molecule has 1 aromatic rings. The Balaban J connectivity index is 1.25. The average Bonchev–Trinajstić information content (AvgIpc) is 3.02. The van der Waals surface area contributed by atoms with Gasteiger partial charge < -0.3 is 9.64 Å². The summed E-state index contributed by atoms with van der Waals surface area (Å²) in [7, 11) is 0. The third-order valence-electron chi connectivity index (χ3n) is 8.71. The molecule has 2 aliphatic carbocycles. The Labute approximate surface area is 187 Å². The van der Waals surface area contributed by atoms with Crippen LogP contribution >= 0.6 is 0 Å². The highest BCUT2D eigenvalue weighted by molar-refractivity contribution is 5.76. The molecule has 0 spiro atoms. The maximum absolute atomic E-state index is 12.9. The molecule has 4 atom stereocenters. The Morgan fingerprint density at radius 2 is 1.90 bits per heavy atom. The van der Waals surface area contributed by atoms with Crippen LogP contribution in [0, 0.1) is 31.1 Å². The van der Waals surface area contributed by atoms with Crippen LogP contribution in [0.2, 0.25) is 0 Å². The zero-order chi connectivity index (χ0) is 21.8. The minimum atomic E-state index is 0.0454. The normalized spacial score (nSPS) is 33.9. The van der Waals surface area contributed by atoms with Crippen molar-refractivity contribution in [2.75, 3.05) is 37.6 Å². The van der Waals surface area contributed by atoms with Crippen LogP contribution in [0.5, 0.6) is 0 Å². The summed E-state index contributed by atoms with van der Waals surface area (Å²) < 4.78 is 5.99. The number of hydrogen-bond acceptors (Lipinski definition) is 4. The number of piperazine rings is 1. The second-order valence-corrected chi connectivity index (χ2v) is 10.9. The number of nitrogens with zero attached hydrogens (tertiary/aromatic N) is 2. The lowest BCUT2D eigenvalue weighted by molar-refractivity contribution is -0.145. The Kier molecular flexibility index (Phi) is 5.40. The molecule has 168 valence electrons. The topological polar surface area (TPSA) is 32.8 Å². The predicted molar refractivity (Wildman–Crippen MR) is 125 cm³/mol. The summed E-state index contributed by atoms with van der Waals surface area (Å²) in [5.74, 6) is 0.483. The van der Waals surface area contributed by atoms with Crippen molar-refractivity contribution in [2.45, 2.75) is 65.9 Å². The predicted octanol–water partition coefficient (Wildman–Crippen LogP) is 4.88. The second kappa shape index (κ2) is 7.95. The minimum absolute atomic E-state index is 0.0454. The summed E-state index contributed by atoms with van der Waals surface area (Å²) in [6, 6.07) is 6.73. The van der Waals surface area contributed by atoms with Crippen molar-refractivity contribution < 1.29 is 9.53 Å². The fourth-order valence-electron chi connectivity index (χ4n) is 6.83. The molecular formula is C27H38N2O2. The van der Waals surface area contributed by atoms with E-state index in [9.17, 15) is 4.79 Å². The molecule has 1 aromatic carbocycles. The van der Waals surface area contributed by atoms with Gasteiger partial charge in [-0.05, 0) is 75.5 Å². The van der Waals surface area contributed by atoms with Crippen molar-refractivity contribution in [3.05, 3.63) is 40.5 Å². The van der Waals surface area contributed by atoms with Gasteiger partial charge in [-0.1, -0.05) is 30.2 Å². The van der Waals surface area contributed by atoms with Crippen molar-refractivity contribution >= 4 is 11.7 Å². The van der Waals surface area contributed by atoms with Crippen molar-refractivity contribution in [1.82, 2.24) is 4.90 Å². The fraction of sp³-hybridized carbons (Fsp3) is 0.667. The third-order valence-corrected chi connectivity index (χ3v) is 8.71. The molecule has 4 aliphatic rings. The maximum Gasteiger partial charge on any atom is 0.310 e. The van der Waals surface area contributed by atoms with Gasteiger partial charge in [0.05, 0.1) is 5.92 Å². The van der Waals surface area contributed by atoms with Crippen molar-refractivity contribution in [3.63, 3.8) is 0 Å². The van der Waals surface area contributed by atoms with Crippen LogP contribution < -0.4 is 4.90 Å². The van der Waals surface area contributed by atoms with Crippen LogP contribution in [-0.4, -0.2) is 49.7 Å². The molecule has 3 fully saturated rings. The number of allylic oxidation sites excluding steroid dienone is 2. The summed E-state index contributed by atoms with van der Waals surface area (Å²) >= 11 is 0. The van der Waals surface area contributed by atoms with Gasteiger partial charge in [0.25, 0.3) is 0 Å². The molecular weight excluding hydrogens is 384 g/mol. The van der Waals surface area contributed by atoms with Gasteiger partial charge in [-0.25, -0.2) is 0 Å². The van der Waals surface area contributed by atoms with Gasteiger partial charge in [-0.3, -0.25) is 9.69 Å². The van der Waals surface area contributed by atoms with E-state index >= 15 is 0 Å². The summed E-state index contributed by atoms with van der Waals surface area (Å²) in [5, 5.41) is 0. The Bertz CT molecular complexity index is 898. The first-order chi connectivity index (χ1) is 14.8. The lowest BCUT2D eigenvalue weighted by Crippen LogP contribution is -2.49. The lowest BCUT2D eigenvalue weighted by atomic mass is 9.59. The molecule has 0 aromatic heterocycles. The molecule has 2 aliphatic heterocycles. The van der Waals surface area contributed by atoms with Crippen LogP contribution in [0.1, 0.15) is 57.1 Å². The highest BCUT2D eigenvalue weighted by Gasteiger charge is 2.53. The zero-order valence-corrected chi connectivity index (χ0v) is 19.7.